The van der Waals surface area contributed by atoms with Crippen molar-refractivity contribution in [1.29, 1.82) is 0 Å². The topological polar surface area (TPSA) is 85.1 Å². The molecule has 0 unspecified atom stereocenters. The number of anilines is 1. The molecule has 27 heavy (non-hydrogen) atoms. The minimum absolute atomic E-state index is 0.662. The molecule has 0 radical (unpaired) electrons. The molecule has 0 aliphatic carbocycles. The lowest BCUT2D eigenvalue weighted by Gasteiger charge is -2.13. The summed E-state index contributed by atoms with van der Waals surface area (Å²) in [5.41, 5.74) is 1.74. The van der Waals surface area contributed by atoms with E-state index in [-0.39, 0.29) is 0 Å². The monoisotopic (exact) mass is 366 g/mol. The van der Waals surface area contributed by atoms with Gasteiger partial charge in [0.2, 0.25) is 0 Å². The number of rotatable bonds is 4. The maximum absolute atomic E-state index is 5.73. The first-order valence-corrected chi connectivity index (χ1v) is 8.99. The maximum Gasteiger partial charge on any atom is 0.195 e. The summed E-state index contributed by atoms with van der Waals surface area (Å²) in [6, 6.07) is 11.7. The quantitative estimate of drug-likeness (QED) is 0.543. The molecule has 8 heteroatoms. The second-order valence-corrected chi connectivity index (χ2v) is 6.13. The molecule has 0 amide bonds. The van der Waals surface area contributed by atoms with Crippen LogP contribution in [-0.4, -0.2) is 47.4 Å². The molecule has 0 spiro atoms. The van der Waals surface area contributed by atoms with Gasteiger partial charge in [-0.25, -0.2) is 0 Å². The molecular formula is C19H22N6O2. The van der Waals surface area contributed by atoms with Gasteiger partial charge in [-0.15, -0.1) is 10.2 Å². The van der Waals surface area contributed by atoms with Gasteiger partial charge in [0, 0.05) is 44.4 Å². The molecule has 4 rings (SSSR count). The summed E-state index contributed by atoms with van der Waals surface area (Å²) in [4.78, 5) is 4.27. The Kier molecular flexibility index (Phi) is 5.04. The van der Waals surface area contributed by atoms with Gasteiger partial charge in [0.05, 0.1) is 13.2 Å². The Labute approximate surface area is 157 Å². The van der Waals surface area contributed by atoms with E-state index >= 15 is 0 Å². The Morgan fingerprint density at radius 3 is 2.93 bits per heavy atom. The van der Waals surface area contributed by atoms with E-state index in [0.29, 0.717) is 25.7 Å². The number of nitrogens with zero attached hydrogens (tertiary/aromatic N) is 4. The van der Waals surface area contributed by atoms with Crippen LogP contribution in [0.25, 0.3) is 5.65 Å². The lowest BCUT2D eigenvalue weighted by molar-refractivity contribution is 0.297. The van der Waals surface area contributed by atoms with E-state index in [1.165, 1.54) is 0 Å². The molecular weight excluding hydrogens is 344 g/mol. The van der Waals surface area contributed by atoms with Crippen molar-refractivity contribution >= 4 is 17.3 Å². The van der Waals surface area contributed by atoms with Gasteiger partial charge in [0.15, 0.2) is 23.1 Å². The summed E-state index contributed by atoms with van der Waals surface area (Å²) in [7, 11) is 1.74. The van der Waals surface area contributed by atoms with Crippen molar-refractivity contribution in [3.8, 4) is 11.5 Å². The van der Waals surface area contributed by atoms with Crippen LogP contribution in [0.5, 0.6) is 11.5 Å². The predicted molar refractivity (Wildman–Crippen MR) is 104 cm³/mol. The van der Waals surface area contributed by atoms with E-state index in [1.807, 2.05) is 47.0 Å². The van der Waals surface area contributed by atoms with E-state index in [2.05, 4.69) is 25.8 Å². The van der Waals surface area contributed by atoms with Crippen molar-refractivity contribution in [1.82, 2.24) is 19.9 Å². The van der Waals surface area contributed by atoms with E-state index < -0.39 is 0 Å². The molecule has 1 aromatic carbocycles. The number of hydrogen-bond donors (Lipinski definition) is 2. The van der Waals surface area contributed by atoms with Crippen LogP contribution in [0.2, 0.25) is 0 Å². The van der Waals surface area contributed by atoms with Gasteiger partial charge in [-0.3, -0.25) is 9.39 Å². The van der Waals surface area contributed by atoms with Gasteiger partial charge >= 0.3 is 0 Å². The summed E-state index contributed by atoms with van der Waals surface area (Å²) in [5.74, 6) is 3.12. The van der Waals surface area contributed by atoms with Crippen LogP contribution in [0.4, 0.5) is 5.69 Å². The van der Waals surface area contributed by atoms with Gasteiger partial charge in [-0.1, -0.05) is 6.07 Å². The average Bonchev–Trinajstić information content (AvgIpc) is 2.96. The summed E-state index contributed by atoms with van der Waals surface area (Å²) < 4.78 is 13.4. The highest BCUT2D eigenvalue weighted by molar-refractivity contribution is 5.93. The SMILES string of the molecule is CN=C(NCCc1nnc2ccccn12)Nc1ccc2c(c1)OCCCO2. The molecule has 2 N–H and O–H groups in total. The Balaban J connectivity index is 1.36. The molecule has 1 aliphatic heterocycles. The van der Waals surface area contributed by atoms with Crippen LogP contribution in [-0.2, 0) is 6.42 Å². The summed E-state index contributed by atoms with van der Waals surface area (Å²) >= 11 is 0. The minimum Gasteiger partial charge on any atom is -0.490 e. The number of nitrogens with one attached hydrogen (secondary N) is 2. The van der Waals surface area contributed by atoms with Gasteiger partial charge in [-0.2, -0.15) is 0 Å². The number of benzene rings is 1. The standard InChI is InChI=1S/C19H22N6O2/c1-20-19(21-9-8-18-24-23-17-5-2-3-10-25(17)18)22-14-6-7-15-16(13-14)27-12-4-11-26-15/h2-3,5-7,10,13H,4,8-9,11-12H2,1H3,(H2,20,21,22). The molecule has 2 aromatic heterocycles. The molecule has 0 fully saturated rings. The lowest BCUT2D eigenvalue weighted by atomic mass is 10.2. The first-order valence-electron chi connectivity index (χ1n) is 8.99. The zero-order valence-corrected chi connectivity index (χ0v) is 15.2. The second kappa shape index (κ2) is 7.94. The van der Waals surface area contributed by atoms with E-state index in [1.54, 1.807) is 7.05 Å². The van der Waals surface area contributed by atoms with Crippen LogP contribution in [0.1, 0.15) is 12.2 Å². The highest BCUT2D eigenvalue weighted by atomic mass is 16.5. The number of pyridine rings is 1. The van der Waals surface area contributed by atoms with Crippen LogP contribution in [0.15, 0.2) is 47.6 Å². The van der Waals surface area contributed by atoms with Gasteiger partial charge in [-0.05, 0) is 24.3 Å². The summed E-state index contributed by atoms with van der Waals surface area (Å²) in [6.07, 6.45) is 3.58. The predicted octanol–water partition coefficient (Wildman–Crippen LogP) is 2.12. The van der Waals surface area contributed by atoms with Crippen molar-refractivity contribution in [3.63, 3.8) is 0 Å². The molecule has 3 aromatic rings. The molecule has 0 saturated carbocycles. The second-order valence-electron chi connectivity index (χ2n) is 6.13. The van der Waals surface area contributed by atoms with Crippen molar-refractivity contribution in [3.05, 3.63) is 48.4 Å². The molecule has 0 saturated heterocycles. The van der Waals surface area contributed by atoms with Crippen molar-refractivity contribution in [2.45, 2.75) is 12.8 Å². The van der Waals surface area contributed by atoms with E-state index in [4.69, 9.17) is 9.47 Å². The number of guanidine groups is 1. The Bertz CT molecular complexity index is 952. The number of fused-ring (bicyclic) bond motifs is 2. The Morgan fingerprint density at radius 1 is 1.15 bits per heavy atom. The smallest absolute Gasteiger partial charge is 0.195 e. The van der Waals surface area contributed by atoms with E-state index in [0.717, 1.165) is 41.5 Å². The van der Waals surface area contributed by atoms with Crippen molar-refractivity contribution < 1.29 is 9.47 Å². The third-order valence-electron chi connectivity index (χ3n) is 4.26. The molecule has 3 heterocycles. The number of ether oxygens (including phenoxy) is 2. The Hall–Kier alpha value is -3.29. The zero-order chi connectivity index (χ0) is 18.5. The van der Waals surface area contributed by atoms with Gasteiger partial charge < -0.3 is 20.1 Å². The highest BCUT2D eigenvalue weighted by Crippen LogP contribution is 2.32. The van der Waals surface area contributed by atoms with Gasteiger partial charge in [0.25, 0.3) is 0 Å². The van der Waals surface area contributed by atoms with Crippen LogP contribution < -0.4 is 20.1 Å². The molecule has 1 aliphatic rings. The first-order chi connectivity index (χ1) is 13.3. The summed E-state index contributed by atoms with van der Waals surface area (Å²) in [5, 5.41) is 15.0. The maximum atomic E-state index is 5.73. The van der Waals surface area contributed by atoms with Gasteiger partial charge in [0.1, 0.15) is 5.82 Å². The molecule has 140 valence electrons. The average molecular weight is 366 g/mol. The fourth-order valence-electron chi connectivity index (χ4n) is 2.91. The number of aliphatic imine (C=N–C) groups is 1. The molecule has 0 bridgehead atoms. The van der Waals surface area contributed by atoms with E-state index in [9.17, 15) is 0 Å². The van der Waals surface area contributed by atoms with Crippen LogP contribution in [0, 0.1) is 0 Å². The first kappa shape index (κ1) is 17.1. The van der Waals surface area contributed by atoms with Crippen LogP contribution >= 0.6 is 0 Å². The highest BCUT2D eigenvalue weighted by Gasteiger charge is 2.11. The fraction of sp³-hybridized carbons (Fsp3) is 0.316. The molecule has 0 atom stereocenters. The largest absolute Gasteiger partial charge is 0.490 e. The summed E-state index contributed by atoms with van der Waals surface area (Å²) in [6.45, 7) is 2.02. The normalized spacial score (nSPS) is 14.0. The zero-order valence-electron chi connectivity index (χ0n) is 15.2. The number of hydrogen-bond acceptors (Lipinski definition) is 5. The molecule has 8 nitrogen and oxygen atoms in total. The Morgan fingerprint density at radius 2 is 2.04 bits per heavy atom. The van der Waals surface area contributed by atoms with Crippen molar-refractivity contribution in [2.75, 3.05) is 32.1 Å². The lowest BCUT2D eigenvalue weighted by Crippen LogP contribution is -2.32. The minimum atomic E-state index is 0.662. The third-order valence-corrected chi connectivity index (χ3v) is 4.26. The third kappa shape index (κ3) is 3.94. The van der Waals surface area contributed by atoms with Crippen molar-refractivity contribution in [2.24, 2.45) is 4.99 Å². The fourth-order valence-corrected chi connectivity index (χ4v) is 2.91. The van der Waals surface area contributed by atoms with Crippen LogP contribution in [0.3, 0.4) is 0 Å². The number of aromatic nitrogens is 3.